The lowest BCUT2D eigenvalue weighted by atomic mass is 10.1. The molecule has 0 saturated heterocycles. The largest absolute Gasteiger partial charge is 0.442 e. The summed E-state index contributed by atoms with van der Waals surface area (Å²) in [6.07, 6.45) is 12.9. The summed E-state index contributed by atoms with van der Waals surface area (Å²) in [5.74, 6) is 1.57. The third kappa shape index (κ3) is 7.13. The van der Waals surface area contributed by atoms with Crippen LogP contribution in [-0.4, -0.2) is 4.98 Å². The molecule has 20 heavy (non-hydrogen) atoms. The molecule has 0 aliphatic carbocycles. The van der Waals surface area contributed by atoms with E-state index in [0.29, 0.717) is 5.89 Å². The number of aromatic nitrogens is 1. The molecule has 0 saturated carbocycles. The van der Waals surface area contributed by atoms with Crippen LogP contribution >= 0.6 is 0 Å². The molecule has 0 aliphatic heterocycles. The highest BCUT2D eigenvalue weighted by Gasteiger charge is 1.97. The van der Waals surface area contributed by atoms with Crippen molar-refractivity contribution in [3.05, 3.63) is 46.7 Å². The van der Waals surface area contributed by atoms with E-state index in [1.54, 1.807) is 6.20 Å². The van der Waals surface area contributed by atoms with Crippen LogP contribution in [0.15, 0.2) is 39.5 Å². The molecule has 0 fully saturated rings. The zero-order valence-corrected chi connectivity index (χ0v) is 13.5. The molecule has 0 atom stereocenters. The van der Waals surface area contributed by atoms with Gasteiger partial charge in [-0.3, -0.25) is 0 Å². The lowest BCUT2D eigenvalue weighted by Crippen LogP contribution is -1.81. The second kappa shape index (κ2) is 8.57. The molecular formula is C18H27NO. The fourth-order valence-electron chi connectivity index (χ4n) is 1.96. The fraction of sp³-hybridized carbons (Fsp3) is 0.500. The van der Waals surface area contributed by atoms with E-state index in [4.69, 9.17) is 4.42 Å². The maximum absolute atomic E-state index is 5.45. The first-order chi connectivity index (χ1) is 9.47. The lowest BCUT2D eigenvalue weighted by molar-refractivity contribution is 0.516. The second-order valence-corrected chi connectivity index (χ2v) is 5.71. The van der Waals surface area contributed by atoms with E-state index in [1.807, 2.05) is 13.0 Å². The number of hydrogen-bond acceptors (Lipinski definition) is 2. The van der Waals surface area contributed by atoms with Crippen molar-refractivity contribution in [2.45, 2.75) is 60.3 Å². The second-order valence-electron chi connectivity index (χ2n) is 5.71. The molecule has 1 aromatic heterocycles. The molecule has 1 rings (SSSR count). The third-order valence-electron chi connectivity index (χ3n) is 3.13. The van der Waals surface area contributed by atoms with Crippen LogP contribution in [0.1, 0.15) is 65.0 Å². The van der Waals surface area contributed by atoms with Crippen LogP contribution in [0.4, 0.5) is 0 Å². The highest BCUT2D eigenvalue weighted by molar-refractivity contribution is 5.42. The minimum atomic E-state index is 0.712. The Morgan fingerprint density at radius 1 is 1.05 bits per heavy atom. The molecule has 2 heteroatoms. The average Bonchev–Trinajstić information content (AvgIpc) is 2.74. The smallest absolute Gasteiger partial charge is 0.218 e. The van der Waals surface area contributed by atoms with Gasteiger partial charge in [-0.2, -0.15) is 0 Å². The van der Waals surface area contributed by atoms with Crippen LogP contribution in [0.2, 0.25) is 0 Å². The number of oxazole rings is 1. The molecule has 0 unspecified atom stereocenters. The zero-order chi connectivity index (χ0) is 15.0. The van der Waals surface area contributed by atoms with E-state index in [1.165, 1.54) is 16.7 Å². The first kappa shape index (κ1) is 16.5. The summed E-state index contributed by atoms with van der Waals surface area (Å²) in [5.41, 5.74) is 4.18. The minimum absolute atomic E-state index is 0.712. The summed E-state index contributed by atoms with van der Waals surface area (Å²) in [4.78, 5) is 4.19. The van der Waals surface area contributed by atoms with Gasteiger partial charge in [0.2, 0.25) is 5.89 Å². The Bertz CT molecular complexity index is 499. The topological polar surface area (TPSA) is 26.0 Å². The maximum Gasteiger partial charge on any atom is 0.218 e. The van der Waals surface area contributed by atoms with E-state index in [-0.39, 0.29) is 0 Å². The third-order valence-corrected chi connectivity index (χ3v) is 3.13. The minimum Gasteiger partial charge on any atom is -0.442 e. The van der Waals surface area contributed by atoms with Gasteiger partial charge < -0.3 is 4.42 Å². The van der Waals surface area contributed by atoms with E-state index in [0.717, 1.165) is 31.4 Å². The maximum atomic E-state index is 5.45. The molecular weight excluding hydrogens is 246 g/mol. The van der Waals surface area contributed by atoms with Gasteiger partial charge in [0.15, 0.2) is 0 Å². The normalized spacial score (nSPS) is 12.7. The zero-order valence-electron chi connectivity index (χ0n) is 13.5. The van der Waals surface area contributed by atoms with Gasteiger partial charge >= 0.3 is 0 Å². The van der Waals surface area contributed by atoms with Crippen LogP contribution in [-0.2, 0) is 0 Å². The van der Waals surface area contributed by atoms with Gasteiger partial charge in [0.05, 0.1) is 6.20 Å². The lowest BCUT2D eigenvalue weighted by Gasteiger charge is -2.00. The Morgan fingerprint density at radius 2 is 1.70 bits per heavy atom. The number of rotatable bonds is 7. The Morgan fingerprint density at radius 3 is 2.30 bits per heavy atom. The van der Waals surface area contributed by atoms with Gasteiger partial charge in [0.1, 0.15) is 5.76 Å². The van der Waals surface area contributed by atoms with Gasteiger partial charge in [-0.1, -0.05) is 28.9 Å². The van der Waals surface area contributed by atoms with Gasteiger partial charge in [-0.15, -0.1) is 0 Å². The Kier molecular flexibility index (Phi) is 7.06. The number of nitrogens with zero attached hydrogens (tertiary/aromatic N) is 1. The summed E-state index contributed by atoms with van der Waals surface area (Å²) >= 11 is 0. The van der Waals surface area contributed by atoms with Crippen molar-refractivity contribution in [1.29, 1.82) is 0 Å². The highest BCUT2D eigenvalue weighted by Crippen LogP contribution is 2.14. The van der Waals surface area contributed by atoms with Crippen molar-refractivity contribution < 1.29 is 4.42 Å². The molecule has 0 bridgehead atoms. The summed E-state index contributed by atoms with van der Waals surface area (Å²) in [6.45, 7) is 10.6. The first-order valence-electron chi connectivity index (χ1n) is 7.36. The van der Waals surface area contributed by atoms with E-state index in [2.05, 4.69) is 44.8 Å². The number of hydrogen-bond donors (Lipinski definition) is 0. The summed E-state index contributed by atoms with van der Waals surface area (Å²) in [6, 6.07) is 0. The fourth-order valence-corrected chi connectivity index (χ4v) is 1.96. The van der Waals surface area contributed by atoms with E-state index < -0.39 is 0 Å². The summed E-state index contributed by atoms with van der Waals surface area (Å²) < 4.78 is 5.45. The van der Waals surface area contributed by atoms with Crippen LogP contribution < -0.4 is 0 Å². The number of aryl methyl sites for hydroxylation is 1. The molecule has 0 aliphatic rings. The van der Waals surface area contributed by atoms with Crippen LogP contribution in [0.5, 0.6) is 0 Å². The SMILES string of the molecule is CC(C)=CCCC(C)=CCCC(C)=Cc1ncc(C)o1. The Hall–Kier alpha value is -1.57. The average molecular weight is 273 g/mol. The van der Waals surface area contributed by atoms with Crippen LogP contribution in [0, 0.1) is 6.92 Å². The molecule has 1 heterocycles. The van der Waals surface area contributed by atoms with Gasteiger partial charge in [0.25, 0.3) is 0 Å². The summed E-state index contributed by atoms with van der Waals surface area (Å²) in [7, 11) is 0. The van der Waals surface area contributed by atoms with Crippen molar-refractivity contribution in [2.24, 2.45) is 0 Å². The molecule has 110 valence electrons. The Labute approximate surface area is 123 Å². The Balaban J connectivity index is 2.35. The molecule has 0 spiro atoms. The van der Waals surface area contributed by atoms with Crippen LogP contribution in [0.3, 0.4) is 0 Å². The predicted molar refractivity (Wildman–Crippen MR) is 86.5 cm³/mol. The van der Waals surface area contributed by atoms with Crippen molar-refractivity contribution in [2.75, 3.05) is 0 Å². The number of allylic oxidation sites excluding steroid dienone is 5. The molecule has 0 aromatic carbocycles. The van der Waals surface area contributed by atoms with Gasteiger partial charge in [-0.25, -0.2) is 4.98 Å². The van der Waals surface area contributed by atoms with Crippen molar-refractivity contribution in [3.8, 4) is 0 Å². The quantitative estimate of drug-likeness (QED) is 0.581. The molecule has 1 aromatic rings. The predicted octanol–water partition coefficient (Wildman–Crippen LogP) is 5.86. The van der Waals surface area contributed by atoms with Crippen molar-refractivity contribution in [1.82, 2.24) is 4.98 Å². The van der Waals surface area contributed by atoms with Crippen molar-refractivity contribution >= 4 is 6.08 Å². The molecule has 0 radical (unpaired) electrons. The monoisotopic (exact) mass is 273 g/mol. The van der Waals surface area contributed by atoms with Gasteiger partial charge in [0, 0.05) is 0 Å². The first-order valence-corrected chi connectivity index (χ1v) is 7.36. The molecule has 0 amide bonds. The standard InChI is InChI=1S/C18H27NO/c1-14(2)8-6-9-15(3)10-7-11-16(4)12-18-19-13-17(5)20-18/h8,10,12-13H,6-7,9,11H2,1-5H3. The molecule has 2 nitrogen and oxygen atoms in total. The summed E-state index contributed by atoms with van der Waals surface area (Å²) in [5, 5.41) is 0. The highest BCUT2D eigenvalue weighted by atomic mass is 16.3. The van der Waals surface area contributed by atoms with E-state index in [9.17, 15) is 0 Å². The van der Waals surface area contributed by atoms with Crippen molar-refractivity contribution in [3.63, 3.8) is 0 Å². The van der Waals surface area contributed by atoms with Crippen LogP contribution in [0.25, 0.3) is 6.08 Å². The van der Waals surface area contributed by atoms with E-state index >= 15 is 0 Å². The van der Waals surface area contributed by atoms with Gasteiger partial charge in [-0.05, 0) is 66.4 Å². The molecule has 0 N–H and O–H groups in total.